The Hall–Kier alpha value is -2.76. The second kappa shape index (κ2) is 7.64. The van der Waals surface area contributed by atoms with Gasteiger partial charge in [-0.05, 0) is 51.1 Å². The lowest BCUT2D eigenvalue weighted by Gasteiger charge is -2.19. The molecule has 3 rings (SSSR count). The molecule has 0 fully saturated rings. The number of fused-ring (bicyclic) bond motifs is 1. The minimum atomic E-state index is -0.517. The zero-order chi connectivity index (χ0) is 18.7. The molecule has 0 bridgehead atoms. The summed E-state index contributed by atoms with van der Waals surface area (Å²) in [5.41, 5.74) is 2.36. The fourth-order valence-electron chi connectivity index (χ4n) is 2.91. The summed E-state index contributed by atoms with van der Waals surface area (Å²) in [4.78, 5) is 12.4. The minimum absolute atomic E-state index is 0.133. The first-order chi connectivity index (χ1) is 12.5. The summed E-state index contributed by atoms with van der Waals surface area (Å²) in [6.45, 7) is 6.22. The molecule has 1 heterocycles. The van der Waals surface area contributed by atoms with E-state index < -0.39 is 6.04 Å². The number of anilines is 2. The van der Waals surface area contributed by atoms with Crippen LogP contribution >= 0.6 is 0 Å². The van der Waals surface area contributed by atoms with Crippen molar-refractivity contribution >= 4 is 17.3 Å². The van der Waals surface area contributed by atoms with Gasteiger partial charge in [-0.15, -0.1) is 0 Å². The van der Waals surface area contributed by atoms with Gasteiger partial charge in [0.25, 0.3) is 0 Å². The Morgan fingerprint density at radius 3 is 2.77 bits per heavy atom. The third-order valence-corrected chi connectivity index (χ3v) is 4.18. The summed E-state index contributed by atoms with van der Waals surface area (Å²) in [5.74, 6) is 0.941. The third kappa shape index (κ3) is 4.07. The smallest absolute Gasteiger partial charge is 0.246 e. The van der Waals surface area contributed by atoms with E-state index in [1.54, 1.807) is 6.92 Å². The van der Waals surface area contributed by atoms with E-state index in [1.165, 1.54) is 24.3 Å². The first-order valence-corrected chi connectivity index (χ1v) is 8.75. The summed E-state index contributed by atoms with van der Waals surface area (Å²) in [6, 6.07) is 8.99. The molecule has 1 amide bonds. The van der Waals surface area contributed by atoms with Crippen LogP contribution in [-0.4, -0.2) is 24.7 Å². The molecule has 26 heavy (non-hydrogen) atoms. The highest BCUT2D eigenvalue weighted by atomic mass is 19.1. The monoisotopic (exact) mass is 358 g/mol. The van der Waals surface area contributed by atoms with Gasteiger partial charge in [0.05, 0.1) is 12.3 Å². The molecule has 2 N–H and O–H groups in total. The summed E-state index contributed by atoms with van der Waals surface area (Å²) >= 11 is 0. The Morgan fingerprint density at radius 1 is 1.35 bits per heavy atom. The number of ether oxygens (including phenoxy) is 2. The second-order valence-corrected chi connectivity index (χ2v) is 6.38. The zero-order valence-corrected chi connectivity index (χ0v) is 15.1. The molecule has 2 unspecified atom stereocenters. The van der Waals surface area contributed by atoms with Crippen LogP contribution in [0.3, 0.4) is 0 Å². The molecular formula is C20H23FN2O3. The standard InChI is InChI=1S/C20H23FN2O3/c1-4-25-19-10-14-9-12(2)26-18(14)11-17(19)22-13(3)20(24)23-16-7-5-15(21)6-8-16/h5-8,10-13,22H,4,9H2,1-3H3,(H,23,24). The van der Waals surface area contributed by atoms with E-state index >= 15 is 0 Å². The van der Waals surface area contributed by atoms with Crippen molar-refractivity contribution in [2.45, 2.75) is 39.3 Å². The summed E-state index contributed by atoms with van der Waals surface area (Å²) < 4.78 is 24.5. The molecule has 1 aliphatic heterocycles. The summed E-state index contributed by atoms with van der Waals surface area (Å²) in [5, 5.41) is 5.94. The van der Waals surface area contributed by atoms with Gasteiger partial charge in [0.15, 0.2) is 0 Å². The largest absolute Gasteiger partial charge is 0.492 e. The molecule has 2 atom stereocenters. The van der Waals surface area contributed by atoms with E-state index in [1.807, 2.05) is 26.0 Å². The number of nitrogens with one attached hydrogen (secondary N) is 2. The van der Waals surface area contributed by atoms with Gasteiger partial charge in [-0.1, -0.05) is 0 Å². The summed E-state index contributed by atoms with van der Waals surface area (Å²) in [7, 11) is 0. The van der Waals surface area contributed by atoms with Crippen LogP contribution < -0.4 is 20.1 Å². The summed E-state index contributed by atoms with van der Waals surface area (Å²) in [6.07, 6.45) is 0.977. The third-order valence-electron chi connectivity index (χ3n) is 4.18. The second-order valence-electron chi connectivity index (χ2n) is 6.38. The number of amides is 1. The predicted octanol–water partition coefficient (Wildman–Crippen LogP) is 3.99. The Bertz CT molecular complexity index is 792. The molecule has 0 saturated carbocycles. The highest BCUT2D eigenvalue weighted by Crippen LogP contribution is 2.38. The van der Waals surface area contributed by atoms with Gasteiger partial charge in [-0.2, -0.15) is 0 Å². The van der Waals surface area contributed by atoms with Crippen molar-refractivity contribution in [3.8, 4) is 11.5 Å². The first-order valence-electron chi connectivity index (χ1n) is 8.75. The van der Waals surface area contributed by atoms with E-state index in [4.69, 9.17) is 9.47 Å². The van der Waals surface area contributed by atoms with Crippen LogP contribution in [0.25, 0.3) is 0 Å². The average Bonchev–Trinajstić information content (AvgIpc) is 2.96. The number of carbonyl (C=O) groups excluding carboxylic acids is 1. The highest BCUT2D eigenvalue weighted by Gasteiger charge is 2.23. The minimum Gasteiger partial charge on any atom is -0.492 e. The van der Waals surface area contributed by atoms with Crippen LogP contribution in [0.5, 0.6) is 11.5 Å². The van der Waals surface area contributed by atoms with Crippen molar-refractivity contribution in [3.05, 3.63) is 47.8 Å². The Kier molecular flexibility index (Phi) is 5.30. The van der Waals surface area contributed by atoms with Crippen LogP contribution in [0.15, 0.2) is 36.4 Å². The lowest BCUT2D eigenvalue weighted by atomic mass is 10.1. The van der Waals surface area contributed by atoms with Crippen LogP contribution in [-0.2, 0) is 11.2 Å². The van der Waals surface area contributed by atoms with Crippen molar-refractivity contribution in [1.29, 1.82) is 0 Å². The predicted molar refractivity (Wildman–Crippen MR) is 99.5 cm³/mol. The van der Waals surface area contributed by atoms with E-state index in [9.17, 15) is 9.18 Å². The van der Waals surface area contributed by atoms with Crippen molar-refractivity contribution in [3.63, 3.8) is 0 Å². The first kappa shape index (κ1) is 18.0. The quantitative estimate of drug-likeness (QED) is 0.820. The number of hydrogen-bond donors (Lipinski definition) is 2. The Balaban J connectivity index is 1.73. The lowest BCUT2D eigenvalue weighted by molar-refractivity contribution is -0.116. The molecule has 2 aromatic carbocycles. The molecule has 138 valence electrons. The Morgan fingerprint density at radius 2 is 2.08 bits per heavy atom. The number of halogens is 1. The fraction of sp³-hybridized carbons (Fsp3) is 0.350. The maximum absolute atomic E-state index is 13.0. The number of carbonyl (C=O) groups is 1. The topological polar surface area (TPSA) is 59.6 Å². The van der Waals surface area contributed by atoms with Gasteiger partial charge in [-0.3, -0.25) is 4.79 Å². The van der Waals surface area contributed by atoms with E-state index in [2.05, 4.69) is 10.6 Å². The van der Waals surface area contributed by atoms with Crippen LogP contribution in [0.1, 0.15) is 26.3 Å². The fourth-order valence-corrected chi connectivity index (χ4v) is 2.91. The van der Waals surface area contributed by atoms with Crippen LogP contribution in [0.2, 0.25) is 0 Å². The van der Waals surface area contributed by atoms with Crippen molar-refractivity contribution in [2.24, 2.45) is 0 Å². The molecular weight excluding hydrogens is 335 g/mol. The van der Waals surface area contributed by atoms with E-state index in [0.29, 0.717) is 23.7 Å². The molecule has 5 nitrogen and oxygen atoms in total. The lowest BCUT2D eigenvalue weighted by Crippen LogP contribution is -2.32. The highest BCUT2D eigenvalue weighted by molar-refractivity contribution is 5.96. The van der Waals surface area contributed by atoms with Gasteiger partial charge < -0.3 is 20.1 Å². The maximum atomic E-state index is 13.0. The van der Waals surface area contributed by atoms with Gasteiger partial charge >= 0.3 is 0 Å². The Labute approximate surface area is 152 Å². The molecule has 0 spiro atoms. The van der Waals surface area contributed by atoms with E-state index in [-0.39, 0.29) is 17.8 Å². The molecule has 0 aliphatic carbocycles. The molecule has 2 aromatic rings. The van der Waals surface area contributed by atoms with Gasteiger partial charge in [-0.25, -0.2) is 4.39 Å². The normalized spacial score (nSPS) is 16.4. The van der Waals surface area contributed by atoms with E-state index in [0.717, 1.165) is 17.7 Å². The maximum Gasteiger partial charge on any atom is 0.246 e. The zero-order valence-electron chi connectivity index (χ0n) is 15.1. The number of rotatable bonds is 6. The van der Waals surface area contributed by atoms with Crippen LogP contribution in [0, 0.1) is 5.82 Å². The van der Waals surface area contributed by atoms with Gasteiger partial charge in [0.2, 0.25) is 5.91 Å². The van der Waals surface area contributed by atoms with Crippen molar-refractivity contribution in [2.75, 3.05) is 17.2 Å². The molecule has 0 radical (unpaired) electrons. The van der Waals surface area contributed by atoms with Crippen LogP contribution in [0.4, 0.5) is 15.8 Å². The SMILES string of the molecule is CCOc1cc2c(cc1NC(C)C(=O)Nc1ccc(F)cc1)OC(C)C2. The average molecular weight is 358 g/mol. The molecule has 0 saturated heterocycles. The van der Waals surface area contributed by atoms with Gasteiger partial charge in [0, 0.05) is 23.7 Å². The number of hydrogen-bond acceptors (Lipinski definition) is 4. The number of benzene rings is 2. The van der Waals surface area contributed by atoms with Crippen molar-refractivity contribution in [1.82, 2.24) is 0 Å². The van der Waals surface area contributed by atoms with Gasteiger partial charge in [0.1, 0.15) is 29.5 Å². The molecule has 1 aliphatic rings. The molecule has 6 heteroatoms. The molecule has 0 aromatic heterocycles. The van der Waals surface area contributed by atoms with Crippen molar-refractivity contribution < 1.29 is 18.7 Å².